The zero-order valence-electron chi connectivity index (χ0n) is 16.2. The third kappa shape index (κ3) is 4.64. The zero-order valence-corrected chi connectivity index (χ0v) is 16.2. The SMILES string of the molecule is CCCCCCCCc1ccc(C(N)(c2ccccc2)n2ccnn2)cc1. The molecule has 1 aromatic heterocycles. The Bertz CT molecular complexity index is 781. The van der Waals surface area contributed by atoms with Gasteiger partial charge < -0.3 is 0 Å². The van der Waals surface area contributed by atoms with Gasteiger partial charge in [-0.25, -0.2) is 4.68 Å². The van der Waals surface area contributed by atoms with E-state index in [1.165, 1.54) is 44.1 Å². The number of hydrogen-bond donors (Lipinski definition) is 1. The van der Waals surface area contributed by atoms with Crippen LogP contribution in [0.15, 0.2) is 67.0 Å². The molecule has 3 rings (SSSR count). The maximum Gasteiger partial charge on any atom is 0.163 e. The first kappa shape index (κ1) is 19.3. The van der Waals surface area contributed by atoms with E-state index in [1.54, 1.807) is 10.9 Å². The van der Waals surface area contributed by atoms with Gasteiger partial charge in [-0.05, 0) is 29.5 Å². The summed E-state index contributed by atoms with van der Waals surface area (Å²) in [5.41, 5.74) is 9.38. The average molecular weight is 363 g/mol. The fourth-order valence-corrected chi connectivity index (χ4v) is 3.55. The van der Waals surface area contributed by atoms with E-state index in [2.05, 4.69) is 41.5 Å². The Kier molecular flexibility index (Phi) is 6.77. The Morgan fingerprint density at radius 3 is 2.19 bits per heavy atom. The number of aryl methyl sites for hydroxylation is 1. The molecule has 1 atom stereocenters. The summed E-state index contributed by atoms with van der Waals surface area (Å²) >= 11 is 0. The third-order valence-corrected chi connectivity index (χ3v) is 5.21. The predicted molar refractivity (Wildman–Crippen MR) is 110 cm³/mol. The minimum absolute atomic E-state index is 0.865. The molecule has 2 aromatic carbocycles. The number of rotatable bonds is 10. The molecular formula is C23H30N4. The normalized spacial score (nSPS) is 13.4. The maximum absolute atomic E-state index is 6.89. The standard InChI is InChI=1S/C23H30N4/c1-2-3-4-5-6-8-11-20-14-16-22(17-15-20)23(24,27-19-18-25-26-27)21-12-9-7-10-13-21/h7,9-10,12-19H,2-6,8,11,24H2,1H3. The van der Waals surface area contributed by atoms with Crippen LogP contribution in [0, 0.1) is 0 Å². The summed E-state index contributed by atoms with van der Waals surface area (Å²) in [7, 11) is 0. The van der Waals surface area contributed by atoms with Gasteiger partial charge >= 0.3 is 0 Å². The van der Waals surface area contributed by atoms with Crippen molar-refractivity contribution in [2.24, 2.45) is 5.73 Å². The molecule has 0 spiro atoms. The van der Waals surface area contributed by atoms with Gasteiger partial charge in [-0.1, -0.05) is 98.8 Å². The fraction of sp³-hybridized carbons (Fsp3) is 0.391. The van der Waals surface area contributed by atoms with Crippen molar-refractivity contribution >= 4 is 0 Å². The van der Waals surface area contributed by atoms with Crippen molar-refractivity contribution in [3.63, 3.8) is 0 Å². The summed E-state index contributed by atoms with van der Waals surface area (Å²) in [5, 5.41) is 8.15. The quantitative estimate of drug-likeness (QED) is 0.522. The number of aromatic nitrogens is 3. The lowest BCUT2D eigenvalue weighted by Gasteiger charge is -2.30. The topological polar surface area (TPSA) is 56.7 Å². The first-order chi connectivity index (χ1) is 13.2. The Balaban J connectivity index is 1.73. The summed E-state index contributed by atoms with van der Waals surface area (Å²) in [6.45, 7) is 2.26. The molecule has 27 heavy (non-hydrogen) atoms. The van der Waals surface area contributed by atoms with Crippen LogP contribution in [-0.4, -0.2) is 15.0 Å². The van der Waals surface area contributed by atoms with Crippen LogP contribution < -0.4 is 5.73 Å². The monoisotopic (exact) mass is 362 g/mol. The highest BCUT2D eigenvalue weighted by atomic mass is 15.5. The summed E-state index contributed by atoms with van der Waals surface area (Å²) in [6.07, 6.45) is 12.5. The average Bonchev–Trinajstić information content (AvgIpc) is 3.26. The third-order valence-electron chi connectivity index (χ3n) is 5.21. The van der Waals surface area contributed by atoms with Gasteiger partial charge in [0.2, 0.25) is 0 Å². The van der Waals surface area contributed by atoms with E-state index < -0.39 is 5.66 Å². The molecule has 1 heterocycles. The number of benzene rings is 2. The smallest absolute Gasteiger partial charge is 0.163 e. The molecule has 142 valence electrons. The Labute approximate surface area is 162 Å². The van der Waals surface area contributed by atoms with E-state index in [-0.39, 0.29) is 0 Å². The second-order valence-electron chi connectivity index (χ2n) is 7.19. The highest BCUT2D eigenvalue weighted by Gasteiger charge is 2.32. The Morgan fingerprint density at radius 1 is 0.852 bits per heavy atom. The van der Waals surface area contributed by atoms with Gasteiger partial charge in [-0.15, -0.1) is 5.10 Å². The van der Waals surface area contributed by atoms with Gasteiger partial charge in [0.05, 0.1) is 6.20 Å². The number of hydrogen-bond acceptors (Lipinski definition) is 3. The summed E-state index contributed by atoms with van der Waals surface area (Å²) < 4.78 is 1.73. The van der Waals surface area contributed by atoms with E-state index >= 15 is 0 Å². The molecule has 0 fully saturated rings. The number of nitrogens with two attached hydrogens (primary N) is 1. The molecule has 3 aromatic rings. The van der Waals surface area contributed by atoms with Gasteiger partial charge in [-0.3, -0.25) is 5.73 Å². The molecule has 1 unspecified atom stereocenters. The van der Waals surface area contributed by atoms with Gasteiger partial charge in [0.15, 0.2) is 5.66 Å². The van der Waals surface area contributed by atoms with Gasteiger partial charge in [0.1, 0.15) is 0 Å². The minimum Gasteiger partial charge on any atom is -0.299 e. The molecule has 0 radical (unpaired) electrons. The molecule has 0 aliphatic rings. The van der Waals surface area contributed by atoms with Crippen LogP contribution in [0.25, 0.3) is 0 Å². The molecule has 2 N–H and O–H groups in total. The van der Waals surface area contributed by atoms with Crippen molar-refractivity contribution in [2.75, 3.05) is 0 Å². The number of unbranched alkanes of at least 4 members (excludes halogenated alkanes) is 5. The van der Waals surface area contributed by atoms with Crippen LogP contribution in [0.3, 0.4) is 0 Å². The lowest BCUT2D eigenvalue weighted by Crippen LogP contribution is -2.45. The molecule has 4 nitrogen and oxygen atoms in total. The zero-order chi connectivity index (χ0) is 19.0. The van der Waals surface area contributed by atoms with Crippen molar-refractivity contribution in [2.45, 2.75) is 57.5 Å². The van der Waals surface area contributed by atoms with Crippen molar-refractivity contribution in [1.82, 2.24) is 15.0 Å². The second kappa shape index (κ2) is 9.47. The predicted octanol–water partition coefficient (Wildman–Crippen LogP) is 4.89. The van der Waals surface area contributed by atoms with Gasteiger partial charge in [-0.2, -0.15) is 0 Å². The summed E-state index contributed by atoms with van der Waals surface area (Å²) in [6, 6.07) is 18.7. The summed E-state index contributed by atoms with van der Waals surface area (Å²) in [4.78, 5) is 0. The molecule has 0 saturated heterocycles. The van der Waals surface area contributed by atoms with E-state index in [1.807, 2.05) is 36.5 Å². The first-order valence-corrected chi connectivity index (χ1v) is 10.1. The van der Waals surface area contributed by atoms with E-state index in [0.717, 1.165) is 17.5 Å². The highest BCUT2D eigenvalue weighted by molar-refractivity contribution is 5.39. The fourth-order valence-electron chi connectivity index (χ4n) is 3.55. The van der Waals surface area contributed by atoms with Crippen LogP contribution in [-0.2, 0) is 12.1 Å². The lowest BCUT2D eigenvalue weighted by atomic mass is 9.91. The molecular weight excluding hydrogens is 332 g/mol. The van der Waals surface area contributed by atoms with Crippen molar-refractivity contribution in [1.29, 1.82) is 0 Å². The van der Waals surface area contributed by atoms with E-state index in [9.17, 15) is 0 Å². The van der Waals surface area contributed by atoms with Crippen LogP contribution in [0.5, 0.6) is 0 Å². The Hall–Kier alpha value is -2.46. The molecule has 0 bridgehead atoms. The highest BCUT2D eigenvalue weighted by Crippen LogP contribution is 2.28. The summed E-state index contributed by atoms with van der Waals surface area (Å²) in [5.74, 6) is 0. The van der Waals surface area contributed by atoms with Crippen molar-refractivity contribution in [3.8, 4) is 0 Å². The molecule has 0 saturated carbocycles. The molecule has 0 amide bonds. The lowest BCUT2D eigenvalue weighted by molar-refractivity contribution is 0.391. The largest absolute Gasteiger partial charge is 0.299 e. The van der Waals surface area contributed by atoms with Gasteiger partial charge in [0, 0.05) is 6.20 Å². The second-order valence-corrected chi connectivity index (χ2v) is 7.19. The van der Waals surface area contributed by atoms with E-state index in [0.29, 0.717) is 0 Å². The van der Waals surface area contributed by atoms with Crippen molar-refractivity contribution < 1.29 is 0 Å². The maximum atomic E-state index is 6.89. The van der Waals surface area contributed by atoms with Crippen LogP contribution in [0.4, 0.5) is 0 Å². The molecule has 0 aliphatic heterocycles. The Morgan fingerprint density at radius 2 is 1.52 bits per heavy atom. The minimum atomic E-state index is -0.865. The van der Waals surface area contributed by atoms with Crippen LogP contribution >= 0.6 is 0 Å². The van der Waals surface area contributed by atoms with Crippen LogP contribution in [0.1, 0.15) is 62.1 Å². The van der Waals surface area contributed by atoms with Gasteiger partial charge in [0.25, 0.3) is 0 Å². The van der Waals surface area contributed by atoms with E-state index in [4.69, 9.17) is 5.73 Å². The molecule has 4 heteroatoms. The molecule has 0 aliphatic carbocycles. The first-order valence-electron chi connectivity index (χ1n) is 10.1. The van der Waals surface area contributed by atoms with Crippen LogP contribution in [0.2, 0.25) is 0 Å². The van der Waals surface area contributed by atoms with Crippen molar-refractivity contribution in [3.05, 3.63) is 83.7 Å². The number of nitrogens with zero attached hydrogens (tertiary/aromatic N) is 3.